The monoisotopic (exact) mass is 193 g/mol. The zero-order chi connectivity index (χ0) is 10.4. The van der Waals surface area contributed by atoms with E-state index in [0.717, 1.165) is 23.6 Å². The zero-order valence-electron chi connectivity index (χ0n) is 8.78. The smallest absolute Gasteiger partial charge is 0.161 e. The third-order valence-corrected chi connectivity index (χ3v) is 1.83. The Kier molecular flexibility index (Phi) is 3.98. The first-order valence-electron chi connectivity index (χ1n) is 4.53. The number of methoxy groups -OCH3 is 2. The number of benzene rings is 1. The van der Waals surface area contributed by atoms with Gasteiger partial charge in [-0.05, 0) is 30.7 Å². The molecule has 0 atom stereocenters. The molecule has 0 amide bonds. The van der Waals surface area contributed by atoms with Crippen molar-refractivity contribution in [3.05, 3.63) is 23.8 Å². The van der Waals surface area contributed by atoms with E-state index in [4.69, 9.17) is 9.47 Å². The van der Waals surface area contributed by atoms with Crippen LogP contribution >= 0.6 is 0 Å². The summed E-state index contributed by atoms with van der Waals surface area (Å²) in [5.74, 6) is 1.47. The molecule has 3 heteroatoms. The van der Waals surface area contributed by atoms with Gasteiger partial charge in [0, 0.05) is 12.8 Å². The van der Waals surface area contributed by atoms with E-state index in [1.165, 1.54) is 0 Å². The Morgan fingerprint density at radius 2 is 1.93 bits per heavy atom. The predicted molar refractivity (Wildman–Crippen MR) is 57.7 cm³/mol. The first-order valence-corrected chi connectivity index (χ1v) is 4.53. The van der Waals surface area contributed by atoms with E-state index in [-0.39, 0.29) is 0 Å². The molecule has 0 aliphatic carbocycles. The molecule has 76 valence electrons. The number of ether oxygens (including phenoxy) is 2. The Bertz CT molecular complexity index is 321. The molecule has 1 aromatic rings. The van der Waals surface area contributed by atoms with Gasteiger partial charge in [-0.3, -0.25) is 4.99 Å². The summed E-state index contributed by atoms with van der Waals surface area (Å²) in [6.45, 7) is 2.78. The van der Waals surface area contributed by atoms with E-state index >= 15 is 0 Å². The maximum absolute atomic E-state index is 5.17. The fraction of sp³-hybridized carbons (Fsp3) is 0.364. The minimum atomic E-state index is 0.729. The van der Waals surface area contributed by atoms with E-state index < -0.39 is 0 Å². The quantitative estimate of drug-likeness (QED) is 0.686. The van der Waals surface area contributed by atoms with Crippen molar-refractivity contribution >= 4 is 6.21 Å². The van der Waals surface area contributed by atoms with Crippen molar-refractivity contribution in [2.24, 2.45) is 4.99 Å². The van der Waals surface area contributed by atoms with Crippen molar-refractivity contribution in [3.8, 4) is 11.5 Å². The topological polar surface area (TPSA) is 30.8 Å². The number of aliphatic imine (C=N–C) groups is 1. The Hall–Kier alpha value is -1.51. The number of rotatable bonds is 4. The molecule has 0 N–H and O–H groups in total. The van der Waals surface area contributed by atoms with Crippen molar-refractivity contribution in [3.63, 3.8) is 0 Å². The van der Waals surface area contributed by atoms with E-state index in [2.05, 4.69) is 4.99 Å². The highest BCUT2D eigenvalue weighted by atomic mass is 16.5. The molecule has 0 aromatic heterocycles. The van der Waals surface area contributed by atoms with Gasteiger partial charge in [0.25, 0.3) is 0 Å². The molecular weight excluding hydrogens is 178 g/mol. The molecule has 1 rings (SSSR count). The Morgan fingerprint density at radius 1 is 1.21 bits per heavy atom. The molecule has 0 saturated carbocycles. The molecule has 0 unspecified atom stereocenters. The number of hydrogen-bond donors (Lipinski definition) is 0. The summed E-state index contributed by atoms with van der Waals surface area (Å²) in [7, 11) is 3.25. The fourth-order valence-corrected chi connectivity index (χ4v) is 1.13. The normalized spacial score (nSPS) is 10.5. The molecule has 0 saturated heterocycles. The van der Waals surface area contributed by atoms with E-state index in [9.17, 15) is 0 Å². The van der Waals surface area contributed by atoms with Crippen molar-refractivity contribution in [2.45, 2.75) is 6.92 Å². The van der Waals surface area contributed by atoms with Crippen LogP contribution in [0.15, 0.2) is 23.2 Å². The van der Waals surface area contributed by atoms with Crippen LogP contribution in [0.4, 0.5) is 0 Å². The standard InChI is InChI=1S/C11H15NO2/c1-4-12-8-9-5-6-10(13-2)11(7-9)14-3/h5-8H,4H2,1-3H3. The highest BCUT2D eigenvalue weighted by Gasteiger charge is 2.02. The molecule has 0 bridgehead atoms. The van der Waals surface area contributed by atoms with Crippen molar-refractivity contribution in [2.75, 3.05) is 20.8 Å². The largest absolute Gasteiger partial charge is 0.493 e. The van der Waals surface area contributed by atoms with Gasteiger partial charge >= 0.3 is 0 Å². The summed E-state index contributed by atoms with van der Waals surface area (Å²) in [4.78, 5) is 4.15. The Balaban J connectivity index is 2.95. The van der Waals surface area contributed by atoms with Crippen LogP contribution in [0.1, 0.15) is 12.5 Å². The molecule has 1 aromatic carbocycles. The highest BCUT2D eigenvalue weighted by molar-refractivity contribution is 5.80. The Morgan fingerprint density at radius 3 is 2.50 bits per heavy atom. The van der Waals surface area contributed by atoms with Gasteiger partial charge < -0.3 is 9.47 Å². The molecule has 0 aliphatic rings. The minimum absolute atomic E-state index is 0.729. The number of hydrogen-bond acceptors (Lipinski definition) is 3. The van der Waals surface area contributed by atoms with Gasteiger partial charge in [0.2, 0.25) is 0 Å². The van der Waals surface area contributed by atoms with Gasteiger partial charge in [-0.1, -0.05) is 0 Å². The zero-order valence-corrected chi connectivity index (χ0v) is 8.78. The fourth-order valence-electron chi connectivity index (χ4n) is 1.13. The maximum atomic E-state index is 5.17. The van der Waals surface area contributed by atoms with E-state index in [1.54, 1.807) is 14.2 Å². The lowest BCUT2D eigenvalue weighted by molar-refractivity contribution is 0.355. The van der Waals surface area contributed by atoms with Crippen LogP contribution in [-0.2, 0) is 0 Å². The SMILES string of the molecule is CCN=Cc1ccc(OC)c(OC)c1. The van der Waals surface area contributed by atoms with Gasteiger partial charge in [0.15, 0.2) is 11.5 Å². The first-order chi connectivity index (χ1) is 6.81. The molecule has 0 fully saturated rings. The average Bonchev–Trinajstić information content (AvgIpc) is 2.25. The average molecular weight is 193 g/mol. The van der Waals surface area contributed by atoms with Crippen LogP contribution in [0.2, 0.25) is 0 Å². The second-order valence-corrected chi connectivity index (χ2v) is 2.74. The number of nitrogens with zero attached hydrogens (tertiary/aromatic N) is 1. The summed E-state index contributed by atoms with van der Waals surface area (Å²) >= 11 is 0. The van der Waals surface area contributed by atoms with Crippen molar-refractivity contribution in [1.82, 2.24) is 0 Å². The van der Waals surface area contributed by atoms with E-state index in [0.29, 0.717) is 0 Å². The minimum Gasteiger partial charge on any atom is -0.493 e. The van der Waals surface area contributed by atoms with Crippen LogP contribution in [0.5, 0.6) is 11.5 Å². The van der Waals surface area contributed by atoms with Gasteiger partial charge in [-0.25, -0.2) is 0 Å². The van der Waals surface area contributed by atoms with Crippen LogP contribution in [0.3, 0.4) is 0 Å². The molecule has 0 spiro atoms. The lowest BCUT2D eigenvalue weighted by Gasteiger charge is -2.07. The summed E-state index contributed by atoms with van der Waals surface area (Å²) in [5.41, 5.74) is 1.02. The summed E-state index contributed by atoms with van der Waals surface area (Å²) in [6, 6.07) is 5.72. The molecule has 3 nitrogen and oxygen atoms in total. The second-order valence-electron chi connectivity index (χ2n) is 2.74. The van der Waals surface area contributed by atoms with Gasteiger partial charge in [-0.2, -0.15) is 0 Å². The Labute approximate surface area is 84.4 Å². The third kappa shape index (κ3) is 2.49. The summed E-state index contributed by atoms with van der Waals surface area (Å²) < 4.78 is 10.3. The lowest BCUT2D eigenvalue weighted by atomic mass is 10.2. The van der Waals surface area contributed by atoms with E-state index in [1.807, 2.05) is 31.3 Å². The third-order valence-electron chi connectivity index (χ3n) is 1.83. The van der Waals surface area contributed by atoms with Gasteiger partial charge in [0.1, 0.15) is 0 Å². The second kappa shape index (κ2) is 5.27. The molecular formula is C11H15NO2. The predicted octanol–water partition coefficient (Wildman–Crippen LogP) is 2.14. The lowest BCUT2D eigenvalue weighted by Crippen LogP contribution is -1.92. The van der Waals surface area contributed by atoms with Crippen molar-refractivity contribution < 1.29 is 9.47 Å². The van der Waals surface area contributed by atoms with Crippen LogP contribution in [0, 0.1) is 0 Å². The highest BCUT2D eigenvalue weighted by Crippen LogP contribution is 2.26. The van der Waals surface area contributed by atoms with Crippen molar-refractivity contribution in [1.29, 1.82) is 0 Å². The van der Waals surface area contributed by atoms with Gasteiger partial charge in [-0.15, -0.1) is 0 Å². The molecule has 0 radical (unpaired) electrons. The van der Waals surface area contributed by atoms with Gasteiger partial charge in [0.05, 0.1) is 14.2 Å². The molecule has 0 aliphatic heterocycles. The summed E-state index contributed by atoms with van der Waals surface area (Å²) in [5, 5.41) is 0. The van der Waals surface area contributed by atoms with Crippen LogP contribution < -0.4 is 9.47 Å². The maximum Gasteiger partial charge on any atom is 0.161 e. The molecule has 0 heterocycles. The molecule has 14 heavy (non-hydrogen) atoms. The summed E-state index contributed by atoms with van der Waals surface area (Å²) in [6.07, 6.45) is 1.82. The van der Waals surface area contributed by atoms with Crippen LogP contribution in [0.25, 0.3) is 0 Å². The van der Waals surface area contributed by atoms with Crippen LogP contribution in [-0.4, -0.2) is 27.0 Å². The first kappa shape index (κ1) is 10.6.